The van der Waals surface area contributed by atoms with Gasteiger partial charge in [-0.1, -0.05) is 49.6 Å². The summed E-state index contributed by atoms with van der Waals surface area (Å²) in [5, 5.41) is 0. The van der Waals surface area contributed by atoms with Crippen molar-refractivity contribution in [3.05, 3.63) is 35.4 Å². The number of methoxy groups -OCH3 is 1. The van der Waals surface area contributed by atoms with Crippen LogP contribution < -0.4 is 0 Å². The molecule has 1 aromatic rings. The highest BCUT2D eigenvalue weighted by atomic mass is 16.5. The molecule has 0 N–H and O–H groups in total. The molecule has 0 aliphatic rings. The van der Waals surface area contributed by atoms with Crippen molar-refractivity contribution in [1.82, 2.24) is 0 Å². The summed E-state index contributed by atoms with van der Waals surface area (Å²) in [5.41, 5.74) is 2.07. The van der Waals surface area contributed by atoms with Gasteiger partial charge in [-0.25, -0.2) is 0 Å². The van der Waals surface area contributed by atoms with Crippen LogP contribution >= 0.6 is 0 Å². The van der Waals surface area contributed by atoms with Gasteiger partial charge >= 0.3 is 5.97 Å². The highest BCUT2D eigenvalue weighted by Crippen LogP contribution is 2.15. The Morgan fingerprint density at radius 1 is 1.32 bits per heavy atom. The number of ketones is 1. The maximum absolute atomic E-state index is 12.2. The highest BCUT2D eigenvalue weighted by Gasteiger charge is 2.26. The molecule has 0 amide bonds. The van der Waals surface area contributed by atoms with Crippen LogP contribution in [0.25, 0.3) is 0 Å². The van der Waals surface area contributed by atoms with Gasteiger partial charge in [-0.05, 0) is 18.9 Å². The second-order valence-electron chi connectivity index (χ2n) is 4.85. The third-order valence-corrected chi connectivity index (χ3v) is 3.18. The first-order valence-corrected chi connectivity index (χ1v) is 6.74. The van der Waals surface area contributed by atoms with Crippen LogP contribution in [0.4, 0.5) is 0 Å². The average Bonchev–Trinajstić information content (AvgIpc) is 2.38. The molecule has 3 heteroatoms. The van der Waals surface area contributed by atoms with Gasteiger partial charge in [0.05, 0.1) is 7.11 Å². The molecule has 0 aliphatic carbocycles. The fourth-order valence-electron chi connectivity index (χ4n) is 2.11. The molecule has 0 radical (unpaired) electrons. The highest BCUT2D eigenvalue weighted by molar-refractivity contribution is 5.99. The van der Waals surface area contributed by atoms with Crippen LogP contribution in [-0.2, 0) is 20.7 Å². The Morgan fingerprint density at radius 3 is 2.63 bits per heavy atom. The van der Waals surface area contributed by atoms with Crippen molar-refractivity contribution in [2.24, 2.45) is 5.92 Å². The molecule has 0 bridgehead atoms. The number of rotatable bonds is 7. The van der Waals surface area contributed by atoms with Gasteiger partial charge in [0.25, 0.3) is 0 Å². The zero-order valence-electron chi connectivity index (χ0n) is 11.9. The average molecular weight is 262 g/mol. The first-order chi connectivity index (χ1) is 9.08. The molecule has 3 nitrogen and oxygen atoms in total. The third kappa shape index (κ3) is 4.86. The van der Waals surface area contributed by atoms with Gasteiger partial charge in [-0.15, -0.1) is 0 Å². The number of ether oxygens (including phenoxy) is 1. The third-order valence-electron chi connectivity index (χ3n) is 3.18. The smallest absolute Gasteiger partial charge is 0.316 e. The maximum atomic E-state index is 12.2. The molecule has 1 rings (SSSR count). The van der Waals surface area contributed by atoms with Crippen molar-refractivity contribution >= 4 is 11.8 Å². The second kappa shape index (κ2) is 7.72. The van der Waals surface area contributed by atoms with Gasteiger partial charge in [0.1, 0.15) is 5.92 Å². The molecule has 0 heterocycles. The standard InChI is InChI=1S/C16H22O3/c1-4-5-9-14(16(18)19-3)15(17)11-13-8-6-7-12(2)10-13/h6-8,10,14H,4-5,9,11H2,1-3H3. The van der Waals surface area contributed by atoms with Gasteiger partial charge in [-0.2, -0.15) is 0 Å². The summed E-state index contributed by atoms with van der Waals surface area (Å²) >= 11 is 0. The molecule has 1 aromatic carbocycles. The number of carbonyl (C=O) groups is 2. The van der Waals surface area contributed by atoms with Crippen molar-refractivity contribution in [3.8, 4) is 0 Å². The van der Waals surface area contributed by atoms with E-state index in [4.69, 9.17) is 4.74 Å². The van der Waals surface area contributed by atoms with Crippen molar-refractivity contribution in [1.29, 1.82) is 0 Å². The number of benzene rings is 1. The van der Waals surface area contributed by atoms with Gasteiger partial charge in [0.15, 0.2) is 5.78 Å². The minimum Gasteiger partial charge on any atom is -0.468 e. The van der Waals surface area contributed by atoms with E-state index >= 15 is 0 Å². The normalized spacial score (nSPS) is 11.9. The molecular formula is C16H22O3. The summed E-state index contributed by atoms with van der Waals surface area (Å²) in [7, 11) is 1.33. The lowest BCUT2D eigenvalue weighted by molar-refractivity contribution is -0.149. The van der Waals surface area contributed by atoms with Crippen LogP contribution in [0.1, 0.15) is 37.3 Å². The summed E-state index contributed by atoms with van der Waals surface area (Å²) in [6, 6.07) is 7.81. The zero-order chi connectivity index (χ0) is 14.3. The Balaban J connectivity index is 2.73. The van der Waals surface area contributed by atoms with Crippen LogP contribution in [0, 0.1) is 12.8 Å². The van der Waals surface area contributed by atoms with Crippen LogP contribution in [0.2, 0.25) is 0 Å². The van der Waals surface area contributed by atoms with Gasteiger partial charge in [-0.3, -0.25) is 9.59 Å². The van der Waals surface area contributed by atoms with E-state index in [2.05, 4.69) is 0 Å². The Labute approximate surface area is 115 Å². The van der Waals surface area contributed by atoms with E-state index in [1.807, 2.05) is 38.1 Å². The van der Waals surface area contributed by atoms with Crippen LogP contribution in [-0.4, -0.2) is 18.9 Å². The number of hydrogen-bond acceptors (Lipinski definition) is 3. The van der Waals surface area contributed by atoms with Crippen molar-refractivity contribution < 1.29 is 14.3 Å². The summed E-state index contributed by atoms with van der Waals surface area (Å²) < 4.78 is 4.73. The molecule has 0 spiro atoms. The SMILES string of the molecule is CCCCC(C(=O)Cc1cccc(C)c1)C(=O)OC. The number of aryl methyl sites for hydroxylation is 1. The predicted octanol–water partition coefficient (Wildman–Crippen LogP) is 3.09. The van der Waals surface area contributed by atoms with E-state index in [1.165, 1.54) is 7.11 Å². The molecule has 0 saturated heterocycles. The van der Waals surface area contributed by atoms with E-state index in [0.717, 1.165) is 24.0 Å². The minimum absolute atomic E-state index is 0.0501. The fraction of sp³-hybridized carbons (Fsp3) is 0.500. The Kier molecular flexibility index (Phi) is 6.26. The first-order valence-electron chi connectivity index (χ1n) is 6.74. The summed E-state index contributed by atoms with van der Waals surface area (Å²) in [6.07, 6.45) is 2.70. The Hall–Kier alpha value is -1.64. The van der Waals surface area contributed by atoms with Gasteiger partial charge in [0.2, 0.25) is 0 Å². The second-order valence-corrected chi connectivity index (χ2v) is 4.85. The molecule has 0 aromatic heterocycles. The van der Waals surface area contributed by atoms with Crippen molar-refractivity contribution in [2.75, 3.05) is 7.11 Å². The van der Waals surface area contributed by atoms with E-state index in [1.54, 1.807) is 0 Å². The zero-order valence-corrected chi connectivity index (χ0v) is 11.9. The lowest BCUT2D eigenvalue weighted by atomic mass is 9.93. The van der Waals surface area contributed by atoms with E-state index in [-0.39, 0.29) is 5.78 Å². The number of carbonyl (C=O) groups excluding carboxylic acids is 2. The number of hydrogen-bond donors (Lipinski definition) is 0. The largest absolute Gasteiger partial charge is 0.468 e. The summed E-state index contributed by atoms with van der Waals surface area (Å²) in [4.78, 5) is 23.9. The predicted molar refractivity (Wildman–Crippen MR) is 74.9 cm³/mol. The number of unbranched alkanes of at least 4 members (excludes halogenated alkanes) is 1. The van der Waals surface area contributed by atoms with Crippen LogP contribution in [0.15, 0.2) is 24.3 Å². The quantitative estimate of drug-likeness (QED) is 0.560. The molecule has 0 aliphatic heterocycles. The molecule has 0 saturated carbocycles. The summed E-state index contributed by atoms with van der Waals surface area (Å²) in [6.45, 7) is 4.03. The number of Topliss-reactive ketones (excluding diaryl/α,β-unsaturated/α-hetero) is 1. The van der Waals surface area contributed by atoms with Gasteiger partial charge in [0, 0.05) is 6.42 Å². The Morgan fingerprint density at radius 2 is 2.05 bits per heavy atom. The summed E-state index contributed by atoms with van der Waals surface area (Å²) in [5.74, 6) is -1.08. The lowest BCUT2D eigenvalue weighted by Gasteiger charge is -2.13. The van der Waals surface area contributed by atoms with Crippen LogP contribution in [0.3, 0.4) is 0 Å². The topological polar surface area (TPSA) is 43.4 Å². The molecular weight excluding hydrogens is 240 g/mol. The molecule has 1 unspecified atom stereocenters. The number of esters is 1. The lowest BCUT2D eigenvalue weighted by Crippen LogP contribution is -2.26. The molecule has 104 valence electrons. The first kappa shape index (κ1) is 15.4. The van der Waals surface area contributed by atoms with Crippen molar-refractivity contribution in [2.45, 2.75) is 39.5 Å². The maximum Gasteiger partial charge on any atom is 0.316 e. The van der Waals surface area contributed by atoms with E-state index in [0.29, 0.717) is 12.8 Å². The van der Waals surface area contributed by atoms with E-state index < -0.39 is 11.9 Å². The Bertz CT molecular complexity index is 437. The van der Waals surface area contributed by atoms with Crippen molar-refractivity contribution in [3.63, 3.8) is 0 Å². The monoisotopic (exact) mass is 262 g/mol. The molecule has 19 heavy (non-hydrogen) atoms. The van der Waals surface area contributed by atoms with Gasteiger partial charge < -0.3 is 4.74 Å². The van der Waals surface area contributed by atoms with Crippen LogP contribution in [0.5, 0.6) is 0 Å². The minimum atomic E-state index is -0.620. The molecule has 1 atom stereocenters. The molecule has 0 fully saturated rings. The van der Waals surface area contributed by atoms with E-state index in [9.17, 15) is 9.59 Å². The fourth-order valence-corrected chi connectivity index (χ4v) is 2.11.